The van der Waals surface area contributed by atoms with E-state index in [9.17, 15) is 29.4 Å². The maximum Gasteiger partial charge on any atom is 0.326 e. The summed E-state index contributed by atoms with van der Waals surface area (Å²) in [6, 6.07) is -4.53. The number of nitrogens with two attached hydrogens (primary N) is 2. The van der Waals surface area contributed by atoms with Crippen LogP contribution in [0.4, 0.5) is 0 Å². The average Bonchev–Trinajstić information content (AvgIpc) is 3.32. The van der Waals surface area contributed by atoms with Crippen LogP contribution in [0.3, 0.4) is 0 Å². The molecule has 13 nitrogen and oxygen atoms in total. The number of carbonyl (C=O) groups excluding carboxylic acids is 3. The number of thioether (sulfide) groups is 1. The number of carboxylic acids is 1. The van der Waals surface area contributed by atoms with Crippen LogP contribution in [0.5, 0.6) is 0 Å². The summed E-state index contributed by atoms with van der Waals surface area (Å²) in [5, 5.41) is 26.3. The fraction of sp³-hybridized carbons (Fsp3) is 0.650. The van der Waals surface area contributed by atoms with Crippen molar-refractivity contribution in [1.82, 2.24) is 25.9 Å². The van der Waals surface area contributed by atoms with Gasteiger partial charge in [0, 0.05) is 18.3 Å². The molecule has 0 aromatic carbocycles. The summed E-state index contributed by atoms with van der Waals surface area (Å²) in [6.07, 6.45) is 6.45. The van der Waals surface area contributed by atoms with E-state index in [1.807, 2.05) is 6.26 Å². The monoisotopic (exact) mass is 501 g/mol. The molecular formula is C20H35N7O6S. The van der Waals surface area contributed by atoms with Crippen molar-refractivity contribution in [2.45, 2.75) is 56.3 Å². The van der Waals surface area contributed by atoms with Crippen LogP contribution < -0.4 is 27.4 Å². The Bertz CT molecular complexity index is 779. The molecule has 1 heterocycles. The molecule has 4 unspecified atom stereocenters. The molecule has 0 fully saturated rings. The van der Waals surface area contributed by atoms with Crippen molar-refractivity contribution in [2.24, 2.45) is 11.5 Å². The average molecular weight is 502 g/mol. The molecule has 1 rings (SSSR count). The van der Waals surface area contributed by atoms with Gasteiger partial charge in [-0.15, -0.1) is 0 Å². The van der Waals surface area contributed by atoms with Crippen LogP contribution in [0.15, 0.2) is 12.5 Å². The van der Waals surface area contributed by atoms with Crippen LogP contribution >= 0.6 is 11.8 Å². The van der Waals surface area contributed by atoms with Gasteiger partial charge >= 0.3 is 5.97 Å². The van der Waals surface area contributed by atoms with Crippen molar-refractivity contribution < 1.29 is 29.4 Å². The van der Waals surface area contributed by atoms with Crippen molar-refractivity contribution in [3.63, 3.8) is 0 Å². The van der Waals surface area contributed by atoms with Gasteiger partial charge in [-0.2, -0.15) is 11.8 Å². The van der Waals surface area contributed by atoms with Crippen molar-refractivity contribution in [1.29, 1.82) is 0 Å². The molecule has 10 N–H and O–H groups in total. The Balaban J connectivity index is 2.81. The van der Waals surface area contributed by atoms with Gasteiger partial charge in [-0.3, -0.25) is 14.4 Å². The first kappa shape index (κ1) is 29.4. The number of aliphatic hydroxyl groups excluding tert-OH is 1. The van der Waals surface area contributed by atoms with E-state index in [4.69, 9.17) is 11.5 Å². The first-order valence-corrected chi connectivity index (χ1v) is 12.3. The van der Waals surface area contributed by atoms with Crippen LogP contribution in [0.2, 0.25) is 0 Å². The molecule has 1 aromatic heterocycles. The zero-order valence-corrected chi connectivity index (χ0v) is 20.0. The van der Waals surface area contributed by atoms with Crippen molar-refractivity contribution >= 4 is 35.5 Å². The van der Waals surface area contributed by atoms with Gasteiger partial charge in [-0.1, -0.05) is 0 Å². The minimum atomic E-state index is -1.42. The number of aromatic nitrogens is 2. The molecule has 0 radical (unpaired) electrons. The summed E-state index contributed by atoms with van der Waals surface area (Å²) in [7, 11) is 0. The Hall–Kier alpha value is -2.68. The van der Waals surface area contributed by atoms with Gasteiger partial charge in [-0.05, 0) is 44.2 Å². The van der Waals surface area contributed by atoms with E-state index in [-0.39, 0.29) is 12.8 Å². The number of rotatable bonds is 17. The standard InChI is InChI=1S/C20H35N7O6S/c1-34-7-5-13(22)17(29)25-14(4-2-3-6-21)18(30)27-16(10-28)19(31)26-15(20(32)33)8-12-9-23-11-24-12/h9,11,13-16,28H,2-8,10,21-22H2,1H3,(H,23,24)(H,25,29)(H,26,31)(H,27,30)(H,32,33). The number of amides is 3. The SMILES string of the molecule is CSCCC(N)C(=O)NC(CCCCN)C(=O)NC(CO)C(=O)NC(Cc1cnc[nH]1)C(=O)O. The molecule has 0 bridgehead atoms. The predicted octanol–water partition coefficient (Wildman–Crippen LogP) is -2.31. The lowest BCUT2D eigenvalue weighted by atomic mass is 10.1. The number of aliphatic carboxylic acids is 1. The highest BCUT2D eigenvalue weighted by atomic mass is 32.2. The molecular weight excluding hydrogens is 466 g/mol. The van der Waals surface area contributed by atoms with E-state index < -0.39 is 54.5 Å². The second kappa shape index (κ2) is 16.0. The fourth-order valence-electron chi connectivity index (χ4n) is 2.97. The maximum absolute atomic E-state index is 12.8. The molecule has 0 aliphatic carbocycles. The molecule has 4 atom stereocenters. The number of H-pyrrole nitrogens is 1. The largest absolute Gasteiger partial charge is 0.480 e. The summed E-state index contributed by atoms with van der Waals surface area (Å²) in [5.74, 6) is -2.70. The third kappa shape index (κ3) is 10.5. The highest BCUT2D eigenvalue weighted by Crippen LogP contribution is 2.05. The minimum absolute atomic E-state index is 0.0706. The smallest absolute Gasteiger partial charge is 0.326 e. The number of unbranched alkanes of at least 4 members (excludes halogenated alkanes) is 1. The van der Waals surface area contributed by atoms with E-state index in [0.29, 0.717) is 37.3 Å². The molecule has 34 heavy (non-hydrogen) atoms. The Morgan fingerprint density at radius 2 is 1.71 bits per heavy atom. The van der Waals surface area contributed by atoms with E-state index in [1.165, 1.54) is 24.3 Å². The number of hydrogen-bond acceptors (Lipinski definition) is 9. The normalized spacial score (nSPS) is 14.5. The molecule has 0 aliphatic heterocycles. The van der Waals surface area contributed by atoms with E-state index in [2.05, 4.69) is 25.9 Å². The number of carboxylic acid groups (broad SMARTS) is 1. The Morgan fingerprint density at radius 3 is 2.26 bits per heavy atom. The molecule has 0 saturated heterocycles. The lowest BCUT2D eigenvalue weighted by Crippen LogP contribution is -2.58. The molecule has 0 aliphatic rings. The summed E-state index contributed by atoms with van der Waals surface area (Å²) in [5.41, 5.74) is 11.9. The molecule has 192 valence electrons. The third-order valence-electron chi connectivity index (χ3n) is 4.96. The number of carbonyl (C=O) groups is 4. The highest BCUT2D eigenvalue weighted by molar-refractivity contribution is 7.98. The predicted molar refractivity (Wildman–Crippen MR) is 127 cm³/mol. The fourth-order valence-corrected chi connectivity index (χ4v) is 3.46. The van der Waals surface area contributed by atoms with Crippen LogP contribution in [-0.2, 0) is 25.6 Å². The van der Waals surface area contributed by atoms with Gasteiger partial charge in [0.2, 0.25) is 17.7 Å². The van der Waals surface area contributed by atoms with E-state index in [1.54, 1.807) is 0 Å². The molecule has 0 spiro atoms. The van der Waals surface area contributed by atoms with Crippen LogP contribution in [-0.4, -0.2) is 93.2 Å². The van der Waals surface area contributed by atoms with Crippen molar-refractivity contribution in [3.8, 4) is 0 Å². The Morgan fingerprint density at radius 1 is 1.06 bits per heavy atom. The van der Waals surface area contributed by atoms with Crippen LogP contribution in [0, 0.1) is 0 Å². The molecule has 1 aromatic rings. The summed E-state index contributed by atoms with van der Waals surface area (Å²) >= 11 is 1.54. The molecule has 3 amide bonds. The lowest BCUT2D eigenvalue weighted by molar-refractivity contribution is -0.142. The van der Waals surface area contributed by atoms with Gasteiger partial charge in [-0.25, -0.2) is 9.78 Å². The van der Waals surface area contributed by atoms with E-state index in [0.717, 1.165) is 0 Å². The number of hydrogen-bond donors (Lipinski definition) is 8. The van der Waals surface area contributed by atoms with Gasteiger partial charge in [0.25, 0.3) is 0 Å². The number of aliphatic hydroxyl groups is 1. The summed E-state index contributed by atoms with van der Waals surface area (Å²) in [4.78, 5) is 55.9. The highest BCUT2D eigenvalue weighted by Gasteiger charge is 2.30. The first-order chi connectivity index (χ1) is 16.2. The topological polar surface area (TPSA) is 226 Å². The van der Waals surface area contributed by atoms with Crippen LogP contribution in [0.1, 0.15) is 31.4 Å². The zero-order chi connectivity index (χ0) is 25.5. The Labute approximate surface area is 202 Å². The van der Waals surface area contributed by atoms with E-state index >= 15 is 0 Å². The van der Waals surface area contributed by atoms with Gasteiger partial charge in [0.05, 0.1) is 19.0 Å². The lowest BCUT2D eigenvalue weighted by Gasteiger charge is -2.24. The van der Waals surface area contributed by atoms with Crippen LogP contribution in [0.25, 0.3) is 0 Å². The number of nitrogens with one attached hydrogen (secondary N) is 4. The summed E-state index contributed by atoms with van der Waals surface area (Å²) in [6.45, 7) is -0.366. The number of imidazole rings is 1. The van der Waals surface area contributed by atoms with Gasteiger partial charge in [0.15, 0.2) is 0 Å². The first-order valence-electron chi connectivity index (χ1n) is 10.9. The summed E-state index contributed by atoms with van der Waals surface area (Å²) < 4.78 is 0. The zero-order valence-electron chi connectivity index (χ0n) is 19.2. The second-order valence-electron chi connectivity index (χ2n) is 7.66. The van der Waals surface area contributed by atoms with Crippen molar-refractivity contribution in [3.05, 3.63) is 18.2 Å². The van der Waals surface area contributed by atoms with Crippen molar-refractivity contribution in [2.75, 3.05) is 25.2 Å². The third-order valence-corrected chi connectivity index (χ3v) is 5.60. The second-order valence-corrected chi connectivity index (χ2v) is 8.64. The van der Waals surface area contributed by atoms with Gasteiger partial charge in [0.1, 0.15) is 18.1 Å². The Kier molecular flexibility index (Phi) is 13.8. The maximum atomic E-state index is 12.8. The minimum Gasteiger partial charge on any atom is -0.480 e. The number of aromatic amines is 1. The molecule has 0 saturated carbocycles. The quantitative estimate of drug-likeness (QED) is 0.106. The number of nitrogens with zero attached hydrogens (tertiary/aromatic N) is 1. The van der Waals surface area contributed by atoms with Gasteiger partial charge < -0.3 is 42.6 Å². The molecule has 14 heteroatoms.